The van der Waals surface area contributed by atoms with Gasteiger partial charge >= 0.3 is 0 Å². The number of hydrogen-bond acceptors (Lipinski definition) is 5. The van der Waals surface area contributed by atoms with Crippen molar-refractivity contribution < 1.29 is 24.4 Å². The van der Waals surface area contributed by atoms with Gasteiger partial charge in [0.1, 0.15) is 42.3 Å². The van der Waals surface area contributed by atoms with Gasteiger partial charge in [-0.3, -0.25) is 0 Å². The van der Waals surface area contributed by atoms with E-state index < -0.39 is 6.10 Å². The summed E-state index contributed by atoms with van der Waals surface area (Å²) in [4.78, 5) is 0. The van der Waals surface area contributed by atoms with Crippen molar-refractivity contribution in [1.82, 2.24) is 0 Å². The predicted octanol–water partition coefficient (Wildman–Crippen LogP) is 6.70. The van der Waals surface area contributed by atoms with E-state index in [1.54, 1.807) is 12.1 Å². The number of ether oxygens (including phenoxy) is 3. The minimum atomic E-state index is -0.928. The molecular weight excluding hydrogens is 452 g/mol. The lowest BCUT2D eigenvalue weighted by Crippen LogP contribution is -2.01. The number of rotatable bonds is 11. The van der Waals surface area contributed by atoms with E-state index in [-0.39, 0.29) is 5.75 Å². The molecule has 36 heavy (non-hydrogen) atoms. The van der Waals surface area contributed by atoms with Crippen molar-refractivity contribution in [2.45, 2.75) is 26.2 Å². The highest BCUT2D eigenvalue weighted by atomic mass is 16.5. The summed E-state index contributed by atoms with van der Waals surface area (Å²) in [7, 11) is 0. The van der Waals surface area contributed by atoms with Gasteiger partial charge in [-0.05, 0) is 42.3 Å². The van der Waals surface area contributed by atoms with Gasteiger partial charge in [0, 0.05) is 23.3 Å². The molecule has 0 aromatic heterocycles. The van der Waals surface area contributed by atoms with Crippen molar-refractivity contribution >= 4 is 6.08 Å². The summed E-state index contributed by atoms with van der Waals surface area (Å²) in [6.45, 7) is 3.13. The van der Waals surface area contributed by atoms with E-state index in [0.29, 0.717) is 42.6 Å². The Kier molecular flexibility index (Phi) is 8.62. The fraction of sp³-hybridized carbons (Fsp3) is 0.161. The molecule has 2 N–H and O–H groups in total. The van der Waals surface area contributed by atoms with E-state index in [2.05, 4.69) is 0 Å². The van der Waals surface area contributed by atoms with Crippen LogP contribution in [0, 0.1) is 0 Å². The average Bonchev–Trinajstić information content (AvgIpc) is 2.91. The van der Waals surface area contributed by atoms with Crippen LogP contribution in [0.5, 0.6) is 23.0 Å². The molecule has 184 valence electrons. The van der Waals surface area contributed by atoms with Gasteiger partial charge in [-0.1, -0.05) is 72.8 Å². The predicted molar refractivity (Wildman–Crippen MR) is 141 cm³/mol. The van der Waals surface area contributed by atoms with E-state index in [9.17, 15) is 10.2 Å². The fourth-order valence-corrected chi connectivity index (χ4v) is 3.69. The summed E-state index contributed by atoms with van der Waals surface area (Å²) in [6.07, 6.45) is 2.56. The van der Waals surface area contributed by atoms with Crippen molar-refractivity contribution in [3.8, 4) is 23.0 Å². The Hall–Kier alpha value is -4.22. The molecule has 0 bridgehead atoms. The first-order valence-corrected chi connectivity index (χ1v) is 11.9. The second-order valence-corrected chi connectivity index (χ2v) is 8.21. The maximum absolute atomic E-state index is 10.8. The van der Waals surface area contributed by atoms with Crippen LogP contribution in [0.3, 0.4) is 0 Å². The molecule has 4 rings (SSSR count). The van der Waals surface area contributed by atoms with Crippen LogP contribution >= 0.6 is 0 Å². The number of aromatic hydroxyl groups is 1. The molecule has 5 heteroatoms. The van der Waals surface area contributed by atoms with Crippen LogP contribution in [-0.2, 0) is 13.2 Å². The standard InChI is InChI=1S/C31H30O5/c1-2-34-31-19-26(32)15-17-28(31)29(33)18-14-25-13-16-27(35-21-23-9-5-3-6-10-23)20-30(25)36-22-24-11-7-4-8-12-24/h3-20,29,32-33H,2,21-22H2,1H3. The zero-order chi connectivity index (χ0) is 25.2. The van der Waals surface area contributed by atoms with Gasteiger partial charge < -0.3 is 24.4 Å². The van der Waals surface area contributed by atoms with Gasteiger partial charge in [-0.2, -0.15) is 0 Å². The Labute approximate surface area is 211 Å². The average molecular weight is 483 g/mol. The maximum atomic E-state index is 10.8. The fourth-order valence-electron chi connectivity index (χ4n) is 3.69. The smallest absolute Gasteiger partial charge is 0.130 e. The SMILES string of the molecule is CCOc1cc(O)ccc1C(O)C=Cc1ccc(OCc2ccccc2)cc1OCc1ccccc1. The van der Waals surface area contributed by atoms with E-state index in [1.165, 1.54) is 12.1 Å². The molecule has 0 saturated carbocycles. The third-order valence-electron chi connectivity index (χ3n) is 5.54. The van der Waals surface area contributed by atoms with Crippen LogP contribution in [-0.4, -0.2) is 16.8 Å². The first kappa shape index (κ1) is 24.9. The van der Waals surface area contributed by atoms with Gasteiger partial charge in [0.2, 0.25) is 0 Å². The molecular formula is C31H30O5. The normalized spacial score (nSPS) is 11.8. The molecule has 0 fully saturated rings. The first-order chi connectivity index (χ1) is 17.6. The Morgan fingerprint density at radius 1 is 0.722 bits per heavy atom. The summed E-state index contributed by atoms with van der Waals surface area (Å²) in [5.41, 5.74) is 3.50. The third-order valence-corrected chi connectivity index (χ3v) is 5.54. The van der Waals surface area contributed by atoms with Crippen LogP contribution in [0.15, 0.2) is 103 Å². The van der Waals surface area contributed by atoms with Crippen molar-refractivity contribution in [2.75, 3.05) is 6.61 Å². The Morgan fingerprint density at radius 3 is 2.06 bits per heavy atom. The Morgan fingerprint density at radius 2 is 1.39 bits per heavy atom. The molecule has 0 spiro atoms. The molecule has 0 aliphatic carbocycles. The lowest BCUT2D eigenvalue weighted by Gasteiger charge is -2.15. The summed E-state index contributed by atoms with van der Waals surface area (Å²) in [5, 5.41) is 20.6. The van der Waals surface area contributed by atoms with Crippen molar-refractivity contribution in [3.63, 3.8) is 0 Å². The van der Waals surface area contributed by atoms with E-state index in [0.717, 1.165) is 16.7 Å². The highest BCUT2D eigenvalue weighted by Gasteiger charge is 2.13. The summed E-state index contributed by atoms with van der Waals surface area (Å²) < 4.78 is 17.7. The van der Waals surface area contributed by atoms with Crippen LogP contribution in [0.1, 0.15) is 35.3 Å². The summed E-state index contributed by atoms with van der Waals surface area (Å²) in [5.74, 6) is 1.86. The van der Waals surface area contributed by atoms with Crippen molar-refractivity contribution in [1.29, 1.82) is 0 Å². The largest absolute Gasteiger partial charge is 0.508 e. The Bertz CT molecular complexity index is 1270. The summed E-state index contributed by atoms with van der Waals surface area (Å²) in [6, 6.07) is 30.3. The molecule has 0 amide bonds. The van der Waals surface area contributed by atoms with Crippen LogP contribution in [0.25, 0.3) is 6.08 Å². The highest BCUT2D eigenvalue weighted by Crippen LogP contribution is 2.32. The first-order valence-electron chi connectivity index (χ1n) is 11.9. The molecule has 4 aromatic carbocycles. The molecule has 4 aromatic rings. The number of phenolic OH excluding ortho intramolecular Hbond substituents is 1. The molecule has 5 nitrogen and oxygen atoms in total. The van der Waals surface area contributed by atoms with Gasteiger partial charge in [0.25, 0.3) is 0 Å². The number of aliphatic hydroxyl groups is 1. The molecule has 0 heterocycles. The molecule has 0 radical (unpaired) electrons. The maximum Gasteiger partial charge on any atom is 0.130 e. The third kappa shape index (κ3) is 6.90. The topological polar surface area (TPSA) is 68.2 Å². The molecule has 0 aliphatic heterocycles. The number of hydrogen-bond donors (Lipinski definition) is 2. The number of aliphatic hydroxyl groups excluding tert-OH is 1. The van der Waals surface area contributed by atoms with Crippen LogP contribution < -0.4 is 14.2 Å². The van der Waals surface area contributed by atoms with Gasteiger partial charge in [-0.15, -0.1) is 0 Å². The lowest BCUT2D eigenvalue weighted by molar-refractivity contribution is 0.220. The molecule has 1 atom stereocenters. The number of phenols is 1. The zero-order valence-corrected chi connectivity index (χ0v) is 20.2. The second kappa shape index (κ2) is 12.5. The minimum Gasteiger partial charge on any atom is -0.508 e. The van der Waals surface area contributed by atoms with Gasteiger partial charge in [-0.25, -0.2) is 0 Å². The summed E-state index contributed by atoms with van der Waals surface area (Å²) >= 11 is 0. The molecule has 0 aliphatic rings. The second-order valence-electron chi connectivity index (χ2n) is 8.21. The van der Waals surface area contributed by atoms with E-state index in [1.807, 2.05) is 91.9 Å². The minimum absolute atomic E-state index is 0.0843. The molecule has 0 saturated heterocycles. The Balaban J connectivity index is 1.55. The van der Waals surface area contributed by atoms with E-state index >= 15 is 0 Å². The quantitative estimate of drug-likeness (QED) is 0.249. The van der Waals surface area contributed by atoms with E-state index in [4.69, 9.17) is 14.2 Å². The van der Waals surface area contributed by atoms with Gasteiger partial charge in [0.15, 0.2) is 0 Å². The zero-order valence-electron chi connectivity index (χ0n) is 20.2. The van der Waals surface area contributed by atoms with Crippen molar-refractivity contribution in [2.24, 2.45) is 0 Å². The van der Waals surface area contributed by atoms with Crippen LogP contribution in [0.4, 0.5) is 0 Å². The van der Waals surface area contributed by atoms with Crippen LogP contribution in [0.2, 0.25) is 0 Å². The van der Waals surface area contributed by atoms with Crippen molar-refractivity contribution in [3.05, 3.63) is 125 Å². The monoisotopic (exact) mass is 482 g/mol. The highest BCUT2D eigenvalue weighted by molar-refractivity contribution is 5.60. The lowest BCUT2D eigenvalue weighted by atomic mass is 10.1. The number of benzene rings is 4. The van der Waals surface area contributed by atoms with Gasteiger partial charge in [0.05, 0.1) is 6.61 Å². The molecule has 1 unspecified atom stereocenters.